The molecule has 264 valence electrons. The van der Waals surface area contributed by atoms with Gasteiger partial charge < -0.3 is 33.2 Å². The Balaban J connectivity index is 1.41. The molecule has 2 bridgehead atoms. The van der Waals surface area contributed by atoms with Crippen LogP contribution in [0.5, 0.6) is 5.75 Å². The Morgan fingerprint density at radius 1 is 0.860 bits per heavy atom. The Bertz CT molecular complexity index is 1700. The number of carbonyl (C=O) groups excluding carboxylic acids is 1. The van der Waals surface area contributed by atoms with Crippen molar-refractivity contribution in [2.24, 2.45) is 5.92 Å². The molecule has 0 amide bonds. The average molecular weight is 701 g/mol. The lowest BCUT2D eigenvalue weighted by Crippen LogP contribution is -2.65. The maximum atomic E-state index is 12.6. The van der Waals surface area contributed by atoms with Gasteiger partial charge in [0, 0.05) is 16.5 Å². The Morgan fingerprint density at radius 3 is 2.16 bits per heavy atom. The molecule has 50 heavy (non-hydrogen) atoms. The SMILES string of the molecule is CCOC(=O)OC(C)[C@@]12CO[C@@](c3ccc(Cl)c(Cc4ccc(OCC)cc4)c3)(O1)[C@H](OCc1ccccc1)[C@@H](OCc1ccccc1)[C@@H]2C. The summed E-state index contributed by atoms with van der Waals surface area (Å²) in [6.45, 7) is 9.10. The highest BCUT2D eigenvalue weighted by molar-refractivity contribution is 6.31. The first-order chi connectivity index (χ1) is 24.3. The molecule has 0 aromatic heterocycles. The average Bonchev–Trinajstić information content (AvgIpc) is 3.51. The molecule has 4 aromatic rings. The number of halogens is 1. The number of rotatable bonds is 14. The predicted octanol–water partition coefficient (Wildman–Crippen LogP) is 8.65. The summed E-state index contributed by atoms with van der Waals surface area (Å²) >= 11 is 6.84. The molecule has 8 nitrogen and oxygen atoms in total. The first kappa shape index (κ1) is 35.9. The lowest BCUT2D eigenvalue weighted by molar-refractivity contribution is -0.343. The lowest BCUT2D eigenvalue weighted by Gasteiger charge is -2.51. The van der Waals surface area contributed by atoms with Gasteiger partial charge in [-0.1, -0.05) is 97.4 Å². The molecule has 0 N–H and O–H groups in total. The normalized spacial score (nSPS) is 24.8. The van der Waals surface area contributed by atoms with E-state index in [0.29, 0.717) is 31.3 Å². The largest absolute Gasteiger partial charge is 0.508 e. The molecule has 9 heteroatoms. The van der Waals surface area contributed by atoms with Crippen molar-refractivity contribution in [3.63, 3.8) is 0 Å². The predicted molar refractivity (Wildman–Crippen MR) is 190 cm³/mol. The van der Waals surface area contributed by atoms with Gasteiger partial charge in [-0.05, 0) is 73.7 Å². The van der Waals surface area contributed by atoms with Crippen molar-refractivity contribution in [2.45, 2.75) is 77.0 Å². The molecule has 0 aliphatic carbocycles. The van der Waals surface area contributed by atoms with E-state index in [2.05, 4.69) is 0 Å². The zero-order chi connectivity index (χ0) is 35.1. The molecule has 2 heterocycles. The van der Waals surface area contributed by atoms with Crippen LogP contribution in [0, 0.1) is 5.92 Å². The number of hydrogen-bond acceptors (Lipinski definition) is 8. The van der Waals surface area contributed by atoms with E-state index in [-0.39, 0.29) is 19.1 Å². The van der Waals surface area contributed by atoms with Gasteiger partial charge in [0.15, 0.2) is 0 Å². The van der Waals surface area contributed by atoms with Crippen LogP contribution in [-0.4, -0.2) is 49.9 Å². The maximum absolute atomic E-state index is 12.6. The summed E-state index contributed by atoms with van der Waals surface area (Å²) in [4.78, 5) is 12.6. The van der Waals surface area contributed by atoms with E-state index in [1.165, 1.54) is 0 Å². The second-order valence-electron chi connectivity index (χ2n) is 12.8. The fourth-order valence-electron chi connectivity index (χ4n) is 6.94. The van der Waals surface area contributed by atoms with E-state index in [0.717, 1.165) is 33.6 Å². The van der Waals surface area contributed by atoms with Crippen LogP contribution in [-0.2, 0) is 53.8 Å². The third-order valence-corrected chi connectivity index (χ3v) is 10.0. The van der Waals surface area contributed by atoms with E-state index >= 15 is 0 Å². The highest BCUT2D eigenvalue weighted by Crippen LogP contribution is 2.56. The topological polar surface area (TPSA) is 81.7 Å². The zero-order valence-electron chi connectivity index (χ0n) is 29.0. The van der Waals surface area contributed by atoms with Crippen LogP contribution in [0.25, 0.3) is 0 Å². The quantitative estimate of drug-likeness (QED) is 0.121. The number of fused-ring (bicyclic) bond motifs is 2. The Morgan fingerprint density at radius 2 is 1.52 bits per heavy atom. The highest BCUT2D eigenvalue weighted by Gasteiger charge is 2.70. The van der Waals surface area contributed by atoms with E-state index in [1.54, 1.807) is 6.92 Å². The second-order valence-corrected chi connectivity index (χ2v) is 13.2. The number of ether oxygens (including phenoxy) is 7. The van der Waals surface area contributed by atoms with E-state index < -0.39 is 35.9 Å². The van der Waals surface area contributed by atoms with Gasteiger partial charge in [-0.15, -0.1) is 0 Å². The van der Waals surface area contributed by atoms with Crippen LogP contribution < -0.4 is 4.74 Å². The van der Waals surface area contributed by atoms with Crippen LogP contribution >= 0.6 is 11.6 Å². The van der Waals surface area contributed by atoms with Crippen LogP contribution in [0.1, 0.15) is 55.5 Å². The Hall–Kier alpha value is -3.92. The van der Waals surface area contributed by atoms with Gasteiger partial charge in [-0.3, -0.25) is 0 Å². The molecular weight excluding hydrogens is 656 g/mol. The van der Waals surface area contributed by atoms with Crippen molar-refractivity contribution in [1.29, 1.82) is 0 Å². The van der Waals surface area contributed by atoms with Crippen molar-refractivity contribution in [3.8, 4) is 5.75 Å². The van der Waals surface area contributed by atoms with Crippen LogP contribution in [0.4, 0.5) is 4.79 Å². The molecule has 0 saturated carbocycles. The van der Waals surface area contributed by atoms with Crippen molar-refractivity contribution in [3.05, 3.63) is 136 Å². The molecule has 6 rings (SSSR count). The van der Waals surface area contributed by atoms with Crippen LogP contribution in [0.2, 0.25) is 5.02 Å². The summed E-state index contributed by atoms with van der Waals surface area (Å²) in [6.07, 6.45) is -2.19. The number of benzene rings is 4. The molecular formula is C41H45ClO8. The monoisotopic (exact) mass is 700 g/mol. The van der Waals surface area contributed by atoms with Gasteiger partial charge in [0.1, 0.15) is 23.6 Å². The van der Waals surface area contributed by atoms with Gasteiger partial charge in [0.25, 0.3) is 0 Å². The number of hydrogen-bond donors (Lipinski definition) is 0. The van der Waals surface area contributed by atoms with Crippen molar-refractivity contribution < 1.29 is 38.0 Å². The van der Waals surface area contributed by atoms with Crippen LogP contribution in [0.3, 0.4) is 0 Å². The summed E-state index contributed by atoms with van der Waals surface area (Å²) in [7, 11) is 0. The second kappa shape index (κ2) is 16.0. The summed E-state index contributed by atoms with van der Waals surface area (Å²) in [6, 6.07) is 33.8. The Kier molecular flexibility index (Phi) is 11.5. The maximum Gasteiger partial charge on any atom is 0.508 e. The van der Waals surface area contributed by atoms with Gasteiger partial charge in [-0.25, -0.2) is 4.79 Å². The summed E-state index contributed by atoms with van der Waals surface area (Å²) in [5, 5.41) is 0.616. The molecule has 0 spiro atoms. The van der Waals surface area contributed by atoms with Crippen molar-refractivity contribution >= 4 is 17.8 Å². The van der Waals surface area contributed by atoms with Crippen molar-refractivity contribution in [1.82, 2.24) is 0 Å². The third kappa shape index (κ3) is 7.55. The summed E-state index contributed by atoms with van der Waals surface area (Å²) in [5.74, 6) is -0.940. The minimum atomic E-state index is -1.42. The van der Waals surface area contributed by atoms with Crippen molar-refractivity contribution in [2.75, 3.05) is 19.8 Å². The fourth-order valence-corrected chi connectivity index (χ4v) is 7.12. The minimum Gasteiger partial charge on any atom is -0.494 e. The van der Waals surface area contributed by atoms with E-state index in [9.17, 15) is 4.79 Å². The summed E-state index contributed by atoms with van der Waals surface area (Å²) in [5.41, 5.74) is 3.62. The summed E-state index contributed by atoms with van der Waals surface area (Å²) < 4.78 is 44.3. The molecule has 2 aliphatic heterocycles. The fraction of sp³-hybridized carbons (Fsp3) is 0.390. The highest BCUT2D eigenvalue weighted by atomic mass is 35.5. The van der Waals surface area contributed by atoms with Crippen LogP contribution in [0.15, 0.2) is 103 Å². The van der Waals surface area contributed by atoms with E-state index in [1.807, 2.05) is 124 Å². The zero-order valence-corrected chi connectivity index (χ0v) is 29.8. The number of carbonyl (C=O) groups is 1. The van der Waals surface area contributed by atoms with Gasteiger partial charge >= 0.3 is 6.16 Å². The van der Waals surface area contributed by atoms with Gasteiger partial charge in [0.2, 0.25) is 5.79 Å². The molecule has 1 unspecified atom stereocenters. The molecule has 0 radical (unpaired) electrons. The Labute approximate surface area is 299 Å². The van der Waals surface area contributed by atoms with Gasteiger partial charge in [-0.2, -0.15) is 0 Å². The first-order valence-corrected chi connectivity index (χ1v) is 17.6. The smallest absolute Gasteiger partial charge is 0.494 e. The van der Waals surface area contributed by atoms with Gasteiger partial charge in [0.05, 0.1) is 39.1 Å². The molecule has 6 atom stereocenters. The first-order valence-electron chi connectivity index (χ1n) is 17.3. The van der Waals surface area contributed by atoms with E-state index in [4.69, 9.17) is 44.8 Å². The lowest BCUT2D eigenvalue weighted by atomic mass is 9.75. The molecule has 2 aliphatic rings. The molecule has 4 aromatic carbocycles. The molecule has 2 saturated heterocycles. The minimum absolute atomic E-state index is 0.127. The third-order valence-electron chi connectivity index (χ3n) is 9.65. The molecule has 2 fully saturated rings. The standard InChI is InChI=1S/C41H45ClO8/c1-5-44-35-20-17-30(18-21-35)23-33-24-34(19-22-36(33)42)41-38(47-26-32-15-11-8-12-16-32)37(46-25-31-13-9-7-10-14-31)28(3)40(50-41,27-48-41)29(4)49-39(43)45-6-2/h7-22,24,28-29,37-38H,5-6,23,25-27H2,1-4H3/t28-,29?,37-,38+,40-,41-/m0/s1.